The van der Waals surface area contributed by atoms with Gasteiger partial charge in [-0.3, -0.25) is 4.99 Å². The van der Waals surface area contributed by atoms with E-state index in [1.54, 1.807) is 18.2 Å². The highest BCUT2D eigenvalue weighted by atomic mass is 32.2. The van der Waals surface area contributed by atoms with Gasteiger partial charge in [0, 0.05) is 5.75 Å². The van der Waals surface area contributed by atoms with Crippen LogP contribution in [0.4, 0.5) is 13.2 Å². The minimum absolute atomic E-state index is 0.147. The Morgan fingerprint density at radius 3 is 2.71 bits per heavy atom. The van der Waals surface area contributed by atoms with E-state index >= 15 is 0 Å². The molecule has 3 aromatic rings. The lowest BCUT2D eigenvalue weighted by Crippen LogP contribution is -2.35. The molecule has 2 aromatic carbocycles. The van der Waals surface area contributed by atoms with E-state index in [0.717, 1.165) is 15.8 Å². The van der Waals surface area contributed by atoms with Crippen molar-refractivity contribution in [2.24, 2.45) is 4.99 Å². The molecule has 0 bridgehead atoms. The Bertz CT molecular complexity index is 1060. The lowest BCUT2D eigenvalue weighted by Gasteiger charge is -2.22. The van der Waals surface area contributed by atoms with E-state index in [1.165, 1.54) is 23.1 Å². The Kier molecular flexibility index (Phi) is 6.80. The maximum Gasteiger partial charge on any atom is 0.411 e. The van der Waals surface area contributed by atoms with E-state index < -0.39 is 25.1 Å². The van der Waals surface area contributed by atoms with Gasteiger partial charge in [0.1, 0.15) is 28.4 Å². The SMILES string of the molecule is Oc1ccc2nc(C3=NC(C(OCCc4ccccc4)OCC(F)(F)F)CS3)sc2c1. The molecule has 2 heterocycles. The summed E-state index contributed by atoms with van der Waals surface area (Å²) in [5.74, 6) is 0.582. The van der Waals surface area contributed by atoms with Crippen molar-refractivity contribution < 1.29 is 27.8 Å². The first kappa shape index (κ1) is 22.1. The van der Waals surface area contributed by atoms with Crippen molar-refractivity contribution in [3.8, 4) is 5.75 Å². The largest absolute Gasteiger partial charge is 0.508 e. The van der Waals surface area contributed by atoms with Gasteiger partial charge < -0.3 is 14.6 Å². The second kappa shape index (κ2) is 9.56. The van der Waals surface area contributed by atoms with Gasteiger partial charge in [0.15, 0.2) is 6.29 Å². The van der Waals surface area contributed by atoms with E-state index in [0.29, 0.717) is 22.2 Å². The van der Waals surface area contributed by atoms with E-state index in [1.807, 2.05) is 30.3 Å². The number of fused-ring (bicyclic) bond motifs is 1. The number of hydrogen-bond donors (Lipinski definition) is 1. The van der Waals surface area contributed by atoms with Crippen LogP contribution in [0, 0.1) is 0 Å². The van der Waals surface area contributed by atoms with Crippen molar-refractivity contribution in [2.45, 2.75) is 24.9 Å². The Hall–Kier alpha value is -2.14. The van der Waals surface area contributed by atoms with Crippen LogP contribution in [0.1, 0.15) is 10.6 Å². The Labute approximate surface area is 184 Å². The van der Waals surface area contributed by atoms with Crippen LogP contribution in [0.25, 0.3) is 10.2 Å². The summed E-state index contributed by atoms with van der Waals surface area (Å²) in [4.78, 5) is 9.06. The molecular formula is C21H19F3N2O3S2. The molecule has 2 unspecified atom stereocenters. The first-order valence-electron chi connectivity index (χ1n) is 9.52. The van der Waals surface area contributed by atoms with Crippen molar-refractivity contribution in [1.29, 1.82) is 0 Å². The maximum atomic E-state index is 12.7. The monoisotopic (exact) mass is 468 g/mol. The van der Waals surface area contributed by atoms with Gasteiger partial charge in [-0.05, 0) is 30.2 Å². The molecule has 1 aromatic heterocycles. The number of nitrogens with zero attached hydrogens (tertiary/aromatic N) is 2. The molecule has 0 amide bonds. The van der Waals surface area contributed by atoms with Crippen LogP contribution in [0.5, 0.6) is 5.75 Å². The van der Waals surface area contributed by atoms with Crippen molar-refractivity contribution >= 4 is 38.4 Å². The first-order valence-corrected chi connectivity index (χ1v) is 11.3. The van der Waals surface area contributed by atoms with Gasteiger partial charge in [0.05, 0.1) is 16.8 Å². The summed E-state index contributed by atoms with van der Waals surface area (Å²) in [7, 11) is 0. The molecule has 10 heteroatoms. The van der Waals surface area contributed by atoms with Crippen LogP contribution in [0.2, 0.25) is 0 Å². The molecule has 164 valence electrons. The standard InChI is InChI=1S/C21H19F3N2O3S2/c22-21(23,24)12-29-20(28-9-8-13-4-2-1-3-5-13)16-11-30-18(26-16)19-25-15-7-6-14(27)10-17(15)31-19/h1-7,10,16,20,27H,8-9,11-12H2. The quantitative estimate of drug-likeness (QED) is 0.470. The van der Waals surface area contributed by atoms with E-state index in [-0.39, 0.29) is 12.4 Å². The minimum atomic E-state index is -4.45. The van der Waals surface area contributed by atoms with Crippen LogP contribution in [-0.4, -0.2) is 52.6 Å². The number of phenols is 1. The molecule has 31 heavy (non-hydrogen) atoms. The average Bonchev–Trinajstić information content (AvgIpc) is 3.37. The smallest absolute Gasteiger partial charge is 0.411 e. The van der Waals surface area contributed by atoms with Crippen molar-refractivity contribution in [2.75, 3.05) is 19.0 Å². The number of halogens is 3. The summed E-state index contributed by atoms with van der Waals surface area (Å²) >= 11 is 2.78. The van der Waals surface area contributed by atoms with Crippen molar-refractivity contribution in [3.63, 3.8) is 0 Å². The van der Waals surface area contributed by atoms with Gasteiger partial charge in [-0.2, -0.15) is 13.2 Å². The lowest BCUT2D eigenvalue weighted by molar-refractivity contribution is -0.231. The number of aromatic hydroxyl groups is 1. The molecule has 1 aliphatic rings. The molecule has 5 nitrogen and oxygen atoms in total. The average molecular weight is 469 g/mol. The van der Waals surface area contributed by atoms with Crippen LogP contribution in [0.3, 0.4) is 0 Å². The highest BCUT2D eigenvalue weighted by Gasteiger charge is 2.35. The zero-order chi connectivity index (χ0) is 21.8. The number of ether oxygens (including phenoxy) is 2. The summed E-state index contributed by atoms with van der Waals surface area (Å²) in [6, 6.07) is 13.9. The summed E-state index contributed by atoms with van der Waals surface area (Å²) in [6.07, 6.45) is -4.99. The molecule has 1 N–H and O–H groups in total. The van der Waals surface area contributed by atoms with Gasteiger partial charge in [-0.25, -0.2) is 4.98 Å². The molecule has 0 spiro atoms. The zero-order valence-corrected chi connectivity index (χ0v) is 17.8. The van der Waals surface area contributed by atoms with Crippen molar-refractivity contribution in [3.05, 3.63) is 59.1 Å². The van der Waals surface area contributed by atoms with Gasteiger partial charge in [-0.15, -0.1) is 23.1 Å². The zero-order valence-electron chi connectivity index (χ0n) is 16.2. The number of aliphatic imine (C=N–C) groups is 1. The number of hydrogen-bond acceptors (Lipinski definition) is 7. The minimum Gasteiger partial charge on any atom is -0.508 e. The van der Waals surface area contributed by atoms with Crippen molar-refractivity contribution in [1.82, 2.24) is 4.98 Å². The summed E-state index contributed by atoms with van der Waals surface area (Å²) < 4.78 is 49.8. The third kappa shape index (κ3) is 5.97. The number of thioether (sulfide) groups is 1. The van der Waals surface area contributed by atoms with Crippen LogP contribution < -0.4 is 0 Å². The molecule has 2 atom stereocenters. The fourth-order valence-electron chi connectivity index (χ4n) is 3.04. The molecule has 1 aliphatic heterocycles. The highest BCUT2D eigenvalue weighted by Crippen LogP contribution is 2.33. The van der Waals surface area contributed by atoms with Gasteiger partial charge >= 0.3 is 6.18 Å². The molecule has 0 saturated carbocycles. The van der Waals surface area contributed by atoms with Crippen LogP contribution in [0.15, 0.2) is 53.5 Å². The Balaban J connectivity index is 1.46. The second-order valence-corrected chi connectivity index (χ2v) is 8.92. The van der Waals surface area contributed by atoms with Crippen LogP contribution in [-0.2, 0) is 15.9 Å². The lowest BCUT2D eigenvalue weighted by atomic mass is 10.2. The number of aromatic nitrogens is 1. The third-order valence-electron chi connectivity index (χ3n) is 4.47. The number of thiazole rings is 1. The Morgan fingerprint density at radius 1 is 1.13 bits per heavy atom. The molecule has 4 rings (SSSR count). The molecule has 0 fully saturated rings. The molecule has 0 saturated heterocycles. The summed E-state index contributed by atoms with van der Waals surface area (Å²) in [6.45, 7) is -1.17. The number of rotatable bonds is 8. The van der Waals surface area contributed by atoms with Crippen LogP contribution >= 0.6 is 23.1 Å². The fraction of sp³-hybridized carbons (Fsp3) is 0.333. The number of phenolic OH excluding ortho intramolecular Hbond substituents is 1. The van der Waals surface area contributed by atoms with Gasteiger partial charge in [0.2, 0.25) is 0 Å². The summed E-state index contributed by atoms with van der Waals surface area (Å²) in [5.41, 5.74) is 1.76. The second-order valence-electron chi connectivity index (χ2n) is 6.88. The normalized spacial score (nSPS) is 17.8. The fourth-order valence-corrected chi connectivity index (χ4v) is 5.17. The maximum absolute atomic E-state index is 12.7. The number of alkyl halides is 3. The number of benzene rings is 2. The van der Waals surface area contributed by atoms with E-state index in [2.05, 4.69) is 9.98 Å². The Morgan fingerprint density at radius 2 is 1.94 bits per heavy atom. The predicted octanol–water partition coefficient (Wildman–Crippen LogP) is 5.03. The molecule has 0 radical (unpaired) electrons. The molecular weight excluding hydrogens is 449 g/mol. The van der Waals surface area contributed by atoms with Gasteiger partial charge in [-0.1, -0.05) is 30.3 Å². The van der Waals surface area contributed by atoms with E-state index in [4.69, 9.17) is 9.47 Å². The van der Waals surface area contributed by atoms with Gasteiger partial charge in [0.25, 0.3) is 0 Å². The highest BCUT2D eigenvalue weighted by molar-refractivity contribution is 8.15. The molecule has 0 aliphatic carbocycles. The summed E-state index contributed by atoms with van der Waals surface area (Å²) in [5, 5.41) is 10.9. The third-order valence-corrected chi connectivity index (χ3v) is 6.70. The topological polar surface area (TPSA) is 63.9 Å². The van der Waals surface area contributed by atoms with E-state index in [9.17, 15) is 18.3 Å². The first-order chi connectivity index (χ1) is 14.9. The predicted molar refractivity (Wildman–Crippen MR) is 116 cm³/mol.